The van der Waals surface area contributed by atoms with Gasteiger partial charge in [0, 0.05) is 19.4 Å². The number of hydrogen-bond donors (Lipinski definition) is 1. The molecule has 0 aliphatic heterocycles. The molecule has 0 aromatic rings. The van der Waals surface area contributed by atoms with E-state index in [2.05, 4.69) is 5.32 Å². The zero-order valence-corrected chi connectivity index (χ0v) is 5.63. The lowest BCUT2D eigenvalue weighted by Crippen LogP contribution is -2.25. The highest BCUT2D eigenvalue weighted by atomic mass is 16.3. The van der Waals surface area contributed by atoms with Crippen LogP contribution in [0.1, 0.15) is 12.8 Å². The van der Waals surface area contributed by atoms with Crippen molar-refractivity contribution in [1.29, 1.82) is 0 Å². The molecule has 0 atom stereocenters. The first-order valence-electron chi connectivity index (χ1n) is 3.09. The third-order valence-electron chi connectivity index (χ3n) is 0.913. The Morgan fingerprint density at radius 1 is 1.50 bits per heavy atom. The molecule has 0 aliphatic carbocycles. The Morgan fingerprint density at radius 3 is 2.70 bits per heavy atom. The van der Waals surface area contributed by atoms with E-state index in [4.69, 9.17) is 0 Å². The fourth-order valence-electron chi connectivity index (χ4n) is 0.469. The predicted octanol–water partition coefficient (Wildman–Crippen LogP) is -0.488. The van der Waals surface area contributed by atoms with Crippen molar-refractivity contribution in [3.63, 3.8) is 0 Å². The molecule has 0 fully saturated rings. The maximum Gasteiger partial charge on any atom is 0.220 e. The summed E-state index contributed by atoms with van der Waals surface area (Å²) in [5, 5.41) is 12.2. The second-order valence-electron chi connectivity index (χ2n) is 1.76. The molecule has 0 aliphatic rings. The Kier molecular flexibility index (Phi) is 5.66. The number of hydrogen-bond acceptors (Lipinski definition) is 2. The summed E-state index contributed by atoms with van der Waals surface area (Å²) in [5.74, 6) is -0.233. The number of nitrogens with one attached hydrogen (secondary N) is 1. The average molecular weight is 144 g/mol. The Morgan fingerprint density at radius 2 is 2.20 bits per heavy atom. The van der Waals surface area contributed by atoms with Gasteiger partial charge in [-0.3, -0.25) is 4.79 Å². The van der Waals surface area contributed by atoms with Crippen molar-refractivity contribution in [2.45, 2.75) is 12.8 Å². The van der Waals surface area contributed by atoms with Crippen LogP contribution < -0.4 is 5.32 Å². The SMILES string of the molecule is [O]CCNC(=O)CCC=O. The average Bonchev–Trinajstić information content (AvgIpc) is 1.97. The predicted molar refractivity (Wildman–Crippen MR) is 33.9 cm³/mol. The van der Waals surface area contributed by atoms with Crippen LogP contribution in [0.2, 0.25) is 0 Å². The minimum atomic E-state index is -0.313. The molecule has 0 heterocycles. The van der Waals surface area contributed by atoms with Crippen LogP contribution in [0.25, 0.3) is 0 Å². The summed E-state index contributed by atoms with van der Waals surface area (Å²) in [6.07, 6.45) is 1.09. The van der Waals surface area contributed by atoms with Crippen LogP contribution in [0.15, 0.2) is 0 Å². The maximum atomic E-state index is 10.6. The van der Waals surface area contributed by atoms with Crippen molar-refractivity contribution in [2.24, 2.45) is 0 Å². The van der Waals surface area contributed by atoms with Crippen molar-refractivity contribution < 1.29 is 14.7 Å². The molecule has 0 saturated carbocycles. The second-order valence-corrected chi connectivity index (χ2v) is 1.76. The molecule has 0 saturated heterocycles. The highest BCUT2D eigenvalue weighted by Gasteiger charge is 1.97. The first-order chi connectivity index (χ1) is 4.81. The molecule has 1 amide bonds. The highest BCUT2D eigenvalue weighted by Crippen LogP contribution is 1.82. The van der Waals surface area contributed by atoms with Gasteiger partial charge in [-0.05, 0) is 0 Å². The molecule has 0 unspecified atom stereocenters. The molecule has 0 rings (SSSR count). The highest BCUT2D eigenvalue weighted by molar-refractivity contribution is 5.77. The van der Waals surface area contributed by atoms with Crippen molar-refractivity contribution in [3.8, 4) is 0 Å². The van der Waals surface area contributed by atoms with E-state index in [1.165, 1.54) is 0 Å². The number of carbonyl (C=O) groups excluding carboxylic acids is 2. The standard InChI is InChI=1S/C6H10NO3/c8-4-1-2-6(10)7-3-5-9/h4H,1-3,5H2,(H,7,10). The second kappa shape index (κ2) is 6.22. The van der Waals surface area contributed by atoms with E-state index in [0.717, 1.165) is 0 Å². The van der Waals surface area contributed by atoms with Gasteiger partial charge < -0.3 is 10.1 Å². The molecule has 0 aromatic carbocycles. The minimum Gasteiger partial charge on any atom is -0.354 e. The first kappa shape index (κ1) is 9.10. The fraction of sp³-hybridized carbons (Fsp3) is 0.667. The summed E-state index contributed by atoms with van der Waals surface area (Å²) in [5.41, 5.74) is 0. The summed E-state index contributed by atoms with van der Waals surface area (Å²) < 4.78 is 0. The van der Waals surface area contributed by atoms with Crippen LogP contribution in [0.5, 0.6) is 0 Å². The van der Waals surface area contributed by atoms with Gasteiger partial charge in [-0.15, -0.1) is 0 Å². The molecule has 10 heavy (non-hydrogen) atoms. The largest absolute Gasteiger partial charge is 0.354 e. The summed E-state index contributed by atoms with van der Waals surface area (Å²) in [7, 11) is 0. The van der Waals surface area contributed by atoms with E-state index in [9.17, 15) is 14.7 Å². The van der Waals surface area contributed by atoms with Crippen LogP contribution in [0.3, 0.4) is 0 Å². The lowest BCUT2D eigenvalue weighted by molar-refractivity contribution is -0.122. The molecule has 0 aromatic heterocycles. The minimum absolute atomic E-state index is 0.150. The number of rotatable bonds is 5. The molecule has 0 spiro atoms. The number of aldehydes is 1. The molecular weight excluding hydrogens is 134 g/mol. The molecule has 1 radical (unpaired) electrons. The van der Waals surface area contributed by atoms with E-state index >= 15 is 0 Å². The molecule has 57 valence electrons. The quantitative estimate of drug-likeness (QED) is 0.529. The van der Waals surface area contributed by atoms with E-state index in [1.807, 2.05) is 0 Å². The van der Waals surface area contributed by atoms with Crippen LogP contribution in [0, 0.1) is 0 Å². The smallest absolute Gasteiger partial charge is 0.220 e. The van der Waals surface area contributed by atoms with Crippen LogP contribution in [0.4, 0.5) is 0 Å². The molecule has 1 N–H and O–H groups in total. The van der Waals surface area contributed by atoms with Crippen LogP contribution in [-0.2, 0) is 14.7 Å². The normalized spacial score (nSPS) is 8.90. The summed E-state index contributed by atoms with van der Waals surface area (Å²) in [6.45, 7) is -0.162. The Balaban J connectivity index is 3.16. The van der Waals surface area contributed by atoms with Gasteiger partial charge in [0.25, 0.3) is 0 Å². The fourth-order valence-corrected chi connectivity index (χ4v) is 0.469. The Bertz CT molecular complexity index is 114. The third kappa shape index (κ3) is 5.24. The summed E-state index contributed by atoms with van der Waals surface area (Å²) >= 11 is 0. The van der Waals surface area contributed by atoms with Gasteiger partial charge in [-0.25, -0.2) is 5.11 Å². The third-order valence-corrected chi connectivity index (χ3v) is 0.913. The Labute approximate surface area is 59.2 Å². The van der Waals surface area contributed by atoms with Gasteiger partial charge in [-0.2, -0.15) is 0 Å². The van der Waals surface area contributed by atoms with Gasteiger partial charge in [-0.1, -0.05) is 0 Å². The van der Waals surface area contributed by atoms with Gasteiger partial charge >= 0.3 is 0 Å². The molecule has 4 nitrogen and oxygen atoms in total. The van der Waals surface area contributed by atoms with Gasteiger partial charge in [0.2, 0.25) is 5.91 Å². The van der Waals surface area contributed by atoms with Crippen molar-refractivity contribution in [2.75, 3.05) is 13.2 Å². The summed E-state index contributed by atoms with van der Waals surface area (Å²) in [6, 6.07) is 0. The van der Waals surface area contributed by atoms with Gasteiger partial charge in [0.15, 0.2) is 0 Å². The van der Waals surface area contributed by atoms with Gasteiger partial charge in [0.05, 0.1) is 6.61 Å². The molecule has 0 bridgehead atoms. The van der Waals surface area contributed by atoms with E-state index < -0.39 is 0 Å². The van der Waals surface area contributed by atoms with Crippen LogP contribution >= 0.6 is 0 Å². The van der Waals surface area contributed by atoms with Crippen molar-refractivity contribution in [3.05, 3.63) is 0 Å². The van der Waals surface area contributed by atoms with Crippen molar-refractivity contribution in [1.82, 2.24) is 5.32 Å². The maximum absolute atomic E-state index is 10.6. The van der Waals surface area contributed by atoms with Crippen molar-refractivity contribution >= 4 is 12.2 Å². The Hall–Kier alpha value is -0.900. The van der Waals surface area contributed by atoms with E-state index in [0.29, 0.717) is 6.29 Å². The van der Waals surface area contributed by atoms with E-state index in [1.54, 1.807) is 0 Å². The summed E-state index contributed by atoms with van der Waals surface area (Å²) in [4.78, 5) is 20.3. The van der Waals surface area contributed by atoms with Gasteiger partial charge in [0.1, 0.15) is 6.29 Å². The van der Waals surface area contributed by atoms with Crippen LogP contribution in [-0.4, -0.2) is 25.3 Å². The molecular formula is C6H10NO3. The van der Waals surface area contributed by atoms with E-state index in [-0.39, 0.29) is 31.9 Å². The number of amides is 1. The zero-order chi connectivity index (χ0) is 7.82. The lowest BCUT2D eigenvalue weighted by atomic mass is 10.3. The number of carbonyl (C=O) groups is 2. The lowest BCUT2D eigenvalue weighted by Gasteiger charge is -1.97. The molecule has 4 heteroatoms. The monoisotopic (exact) mass is 144 g/mol. The zero-order valence-electron chi connectivity index (χ0n) is 5.63. The topological polar surface area (TPSA) is 66.1 Å². The first-order valence-corrected chi connectivity index (χ1v) is 3.09.